The largest absolute Gasteiger partial charge is 0.481 e. The normalized spacial score (nSPS) is 14.7. The van der Waals surface area contributed by atoms with Gasteiger partial charge in [0.05, 0.1) is 12.4 Å². The van der Waals surface area contributed by atoms with Crippen LogP contribution in [-0.2, 0) is 36.8 Å². The molecule has 0 saturated heterocycles. The molecule has 0 fully saturated rings. The number of hydrogen-bond acceptors (Lipinski definition) is 7. The summed E-state index contributed by atoms with van der Waals surface area (Å²) in [5.74, 6) is -5.06. The molecule has 0 saturated carbocycles. The number of aliphatic carboxylic acids is 2. The van der Waals surface area contributed by atoms with Crippen LogP contribution in [0, 0.1) is 5.92 Å². The summed E-state index contributed by atoms with van der Waals surface area (Å²) >= 11 is 0. The third kappa shape index (κ3) is 10.2. The molecule has 0 radical (unpaired) electrons. The number of imidazole rings is 1. The number of benzene rings is 1. The molecule has 212 valence electrons. The summed E-state index contributed by atoms with van der Waals surface area (Å²) < 4.78 is 0. The number of carbonyl (C=O) groups is 5. The molecule has 8 N–H and O–H groups in total. The Labute approximate surface area is 226 Å². The van der Waals surface area contributed by atoms with Gasteiger partial charge in [-0.15, -0.1) is 0 Å². The lowest BCUT2D eigenvalue weighted by molar-refractivity contribution is -0.144. The molecule has 1 aromatic carbocycles. The second-order valence-corrected chi connectivity index (χ2v) is 9.34. The molecule has 1 heterocycles. The smallest absolute Gasteiger partial charge is 0.326 e. The average Bonchev–Trinajstić information content (AvgIpc) is 3.41. The van der Waals surface area contributed by atoms with Gasteiger partial charge in [0.25, 0.3) is 0 Å². The van der Waals surface area contributed by atoms with Gasteiger partial charge in [0.1, 0.15) is 18.1 Å². The number of aromatic amines is 1. The highest BCUT2D eigenvalue weighted by molar-refractivity contribution is 5.94. The molecule has 0 bridgehead atoms. The van der Waals surface area contributed by atoms with Crippen molar-refractivity contribution in [3.63, 3.8) is 0 Å². The summed E-state index contributed by atoms with van der Waals surface area (Å²) in [7, 11) is 0. The van der Waals surface area contributed by atoms with Crippen molar-refractivity contribution in [2.45, 2.75) is 70.1 Å². The number of nitrogens with zero attached hydrogens (tertiary/aromatic N) is 1. The number of aromatic nitrogens is 2. The van der Waals surface area contributed by atoms with Gasteiger partial charge in [-0.05, 0) is 17.9 Å². The van der Waals surface area contributed by atoms with Gasteiger partial charge in [-0.2, -0.15) is 0 Å². The maximum absolute atomic E-state index is 13.4. The van der Waals surface area contributed by atoms with Crippen LogP contribution in [0.3, 0.4) is 0 Å². The first-order valence-electron chi connectivity index (χ1n) is 12.6. The van der Waals surface area contributed by atoms with E-state index < -0.39 is 66.2 Å². The number of nitrogens with one attached hydrogen (secondary N) is 4. The van der Waals surface area contributed by atoms with Gasteiger partial charge in [-0.25, -0.2) is 9.78 Å². The minimum Gasteiger partial charge on any atom is -0.481 e. The number of carboxylic acid groups (broad SMARTS) is 2. The van der Waals surface area contributed by atoms with Crippen LogP contribution < -0.4 is 21.7 Å². The Morgan fingerprint density at radius 2 is 1.59 bits per heavy atom. The zero-order valence-electron chi connectivity index (χ0n) is 21.9. The molecular weight excluding hydrogens is 508 g/mol. The van der Waals surface area contributed by atoms with Crippen LogP contribution in [0.15, 0.2) is 42.9 Å². The third-order valence-corrected chi connectivity index (χ3v) is 6.30. The highest BCUT2D eigenvalue weighted by Crippen LogP contribution is 2.10. The average molecular weight is 545 g/mol. The number of amides is 3. The summed E-state index contributed by atoms with van der Waals surface area (Å²) in [6.45, 7) is 3.42. The van der Waals surface area contributed by atoms with Gasteiger partial charge in [-0.1, -0.05) is 50.6 Å². The van der Waals surface area contributed by atoms with Crippen molar-refractivity contribution in [1.29, 1.82) is 0 Å². The SMILES string of the molecule is CCC(C)C(NC(=O)C(CCC(=O)O)NC(=O)C(Cc1ccccc1)NC(=O)C(N)Cc1cnc[nH]1)C(=O)O. The highest BCUT2D eigenvalue weighted by atomic mass is 16.4. The molecule has 0 aliphatic rings. The van der Waals surface area contributed by atoms with Crippen molar-refractivity contribution >= 4 is 29.7 Å². The first kappa shape index (κ1) is 31.0. The van der Waals surface area contributed by atoms with E-state index in [1.54, 1.807) is 44.2 Å². The molecule has 0 aliphatic carbocycles. The molecule has 3 amide bonds. The molecule has 2 aromatic rings. The van der Waals surface area contributed by atoms with E-state index in [-0.39, 0.29) is 19.3 Å². The minimum atomic E-state index is -1.35. The maximum atomic E-state index is 13.4. The molecule has 5 unspecified atom stereocenters. The Morgan fingerprint density at radius 1 is 0.949 bits per heavy atom. The van der Waals surface area contributed by atoms with Crippen molar-refractivity contribution in [2.75, 3.05) is 0 Å². The van der Waals surface area contributed by atoms with E-state index in [0.29, 0.717) is 17.7 Å². The molecule has 2 rings (SSSR count). The summed E-state index contributed by atoms with van der Waals surface area (Å²) in [5, 5.41) is 26.2. The summed E-state index contributed by atoms with van der Waals surface area (Å²) in [6, 6.07) is 4.09. The summed E-state index contributed by atoms with van der Waals surface area (Å²) in [6.07, 6.45) is 2.90. The molecule has 0 spiro atoms. The van der Waals surface area contributed by atoms with Crippen LogP contribution in [-0.4, -0.2) is 74.0 Å². The lowest BCUT2D eigenvalue weighted by atomic mass is 9.98. The Morgan fingerprint density at radius 3 is 2.15 bits per heavy atom. The topological polar surface area (TPSA) is 217 Å². The van der Waals surface area contributed by atoms with Crippen LogP contribution in [0.25, 0.3) is 0 Å². The fraction of sp³-hybridized carbons (Fsp3) is 0.462. The maximum Gasteiger partial charge on any atom is 0.326 e. The molecule has 1 aromatic heterocycles. The molecular formula is C26H36N6O7. The summed E-state index contributed by atoms with van der Waals surface area (Å²) in [4.78, 5) is 68.9. The van der Waals surface area contributed by atoms with Gasteiger partial charge < -0.3 is 36.9 Å². The van der Waals surface area contributed by atoms with E-state index in [0.717, 1.165) is 0 Å². The van der Waals surface area contributed by atoms with E-state index in [1.165, 1.54) is 12.5 Å². The van der Waals surface area contributed by atoms with Crippen molar-refractivity contribution in [1.82, 2.24) is 25.9 Å². The van der Waals surface area contributed by atoms with E-state index in [4.69, 9.17) is 10.8 Å². The first-order valence-corrected chi connectivity index (χ1v) is 12.6. The van der Waals surface area contributed by atoms with E-state index in [1.807, 2.05) is 0 Å². The third-order valence-electron chi connectivity index (χ3n) is 6.30. The molecule has 13 nitrogen and oxygen atoms in total. The first-order chi connectivity index (χ1) is 18.5. The zero-order chi connectivity index (χ0) is 28.9. The van der Waals surface area contributed by atoms with E-state index in [2.05, 4.69) is 25.9 Å². The van der Waals surface area contributed by atoms with Gasteiger partial charge in [-0.3, -0.25) is 19.2 Å². The predicted octanol–water partition coefficient (Wildman–Crippen LogP) is -0.0279. The van der Waals surface area contributed by atoms with Crippen molar-refractivity contribution in [2.24, 2.45) is 11.7 Å². The van der Waals surface area contributed by atoms with Gasteiger partial charge in [0.2, 0.25) is 17.7 Å². The van der Waals surface area contributed by atoms with Gasteiger partial charge in [0.15, 0.2) is 0 Å². The quantitative estimate of drug-likeness (QED) is 0.151. The van der Waals surface area contributed by atoms with Crippen LogP contribution in [0.4, 0.5) is 0 Å². The standard InChI is InChI=1S/C26H36N6O7/c1-3-15(2)22(26(38)39)32-24(36)19(9-10-21(33)34)30-25(37)20(11-16-7-5-4-6-8-16)31-23(35)18(27)12-17-13-28-14-29-17/h4-8,13-15,18-20,22H,3,9-12,27H2,1-2H3,(H,28,29)(H,30,37)(H,31,35)(H,32,36)(H,33,34)(H,38,39). The number of carbonyl (C=O) groups excluding carboxylic acids is 3. The van der Waals surface area contributed by atoms with Crippen LogP contribution in [0.2, 0.25) is 0 Å². The van der Waals surface area contributed by atoms with Gasteiger partial charge in [0, 0.05) is 31.2 Å². The van der Waals surface area contributed by atoms with E-state index >= 15 is 0 Å². The monoisotopic (exact) mass is 544 g/mol. The fourth-order valence-electron chi connectivity index (χ4n) is 3.81. The second kappa shape index (κ2) is 15.2. The number of hydrogen-bond donors (Lipinski definition) is 7. The molecule has 5 atom stereocenters. The highest BCUT2D eigenvalue weighted by Gasteiger charge is 2.32. The Kier molecular flexibility index (Phi) is 12.1. The number of H-pyrrole nitrogens is 1. The van der Waals surface area contributed by atoms with Crippen LogP contribution >= 0.6 is 0 Å². The van der Waals surface area contributed by atoms with Crippen molar-refractivity contribution in [3.8, 4) is 0 Å². The number of nitrogens with two attached hydrogens (primary N) is 1. The predicted molar refractivity (Wildman–Crippen MR) is 140 cm³/mol. The fourth-order valence-corrected chi connectivity index (χ4v) is 3.81. The van der Waals surface area contributed by atoms with Crippen molar-refractivity contribution < 1.29 is 34.2 Å². The second-order valence-electron chi connectivity index (χ2n) is 9.34. The minimum absolute atomic E-state index is 0.0626. The molecule has 13 heteroatoms. The van der Waals surface area contributed by atoms with Gasteiger partial charge >= 0.3 is 11.9 Å². The zero-order valence-corrected chi connectivity index (χ0v) is 21.9. The van der Waals surface area contributed by atoms with Crippen LogP contribution in [0.1, 0.15) is 44.4 Å². The van der Waals surface area contributed by atoms with Crippen molar-refractivity contribution in [3.05, 3.63) is 54.1 Å². The Balaban J connectivity index is 2.23. The number of carboxylic acids is 2. The molecule has 0 aliphatic heterocycles. The van der Waals surface area contributed by atoms with E-state index in [9.17, 15) is 29.1 Å². The Bertz CT molecular complexity index is 1110. The Hall–Kier alpha value is -4.26. The lowest BCUT2D eigenvalue weighted by Crippen LogP contribution is -2.58. The molecule has 39 heavy (non-hydrogen) atoms. The van der Waals surface area contributed by atoms with Crippen LogP contribution in [0.5, 0.6) is 0 Å². The number of rotatable bonds is 16. The summed E-state index contributed by atoms with van der Waals surface area (Å²) in [5.41, 5.74) is 7.37. The lowest BCUT2D eigenvalue weighted by Gasteiger charge is -2.26.